The van der Waals surface area contributed by atoms with E-state index in [1.54, 1.807) is 11.5 Å². The second-order valence-electron chi connectivity index (χ2n) is 2.56. The van der Waals surface area contributed by atoms with Crippen LogP contribution in [-0.2, 0) is 14.4 Å². The smallest absolute Gasteiger partial charge is 0.219 e. The zero-order valence-electron chi connectivity index (χ0n) is 6.57. The largest absolute Gasteiger partial charge is 0.298 e. The topological polar surface area (TPSA) is 51.2 Å². The van der Waals surface area contributed by atoms with Gasteiger partial charge < -0.3 is 0 Å². The Hall–Kier alpha value is -0.900. The number of thioether (sulfide) groups is 1. The Balaban J connectivity index is 2.95. The molecule has 0 aromatic carbocycles. The molecule has 1 aliphatic heterocycles. The van der Waals surface area contributed by atoms with Crippen molar-refractivity contribution in [3.05, 3.63) is 11.5 Å². The molecule has 1 atom stereocenters. The van der Waals surface area contributed by atoms with Gasteiger partial charge in [0.15, 0.2) is 12.1 Å². The van der Waals surface area contributed by atoms with Gasteiger partial charge in [-0.1, -0.05) is 6.08 Å². The number of hydrogen-bond acceptors (Lipinski definition) is 4. The van der Waals surface area contributed by atoms with Gasteiger partial charge in [-0.3, -0.25) is 14.4 Å². The van der Waals surface area contributed by atoms with Crippen LogP contribution in [0, 0.1) is 0 Å². The van der Waals surface area contributed by atoms with Crippen LogP contribution in [0.1, 0.15) is 13.3 Å². The highest BCUT2D eigenvalue weighted by Crippen LogP contribution is 2.37. The number of allylic oxidation sites excluding steroid dienone is 1. The lowest BCUT2D eigenvalue weighted by Crippen LogP contribution is -2.40. The SMILES string of the molecule is CC(=O)C1(C(=O)C=O)CC=CS1. The lowest BCUT2D eigenvalue weighted by molar-refractivity contribution is -0.135. The molecule has 12 heavy (non-hydrogen) atoms. The minimum Gasteiger partial charge on any atom is -0.298 e. The Bertz CT molecular complexity index is 259. The quantitative estimate of drug-likeness (QED) is 0.368. The van der Waals surface area contributed by atoms with Crippen molar-refractivity contribution in [2.24, 2.45) is 0 Å². The van der Waals surface area contributed by atoms with Crippen LogP contribution >= 0.6 is 11.8 Å². The van der Waals surface area contributed by atoms with Crippen LogP contribution in [0.15, 0.2) is 11.5 Å². The van der Waals surface area contributed by atoms with E-state index in [1.165, 1.54) is 6.92 Å². The Morgan fingerprint density at radius 1 is 1.58 bits per heavy atom. The molecule has 0 bridgehead atoms. The first kappa shape index (κ1) is 9.19. The third-order valence-electron chi connectivity index (χ3n) is 1.84. The van der Waals surface area contributed by atoms with Gasteiger partial charge in [0, 0.05) is 0 Å². The van der Waals surface area contributed by atoms with Crippen molar-refractivity contribution in [3.8, 4) is 0 Å². The summed E-state index contributed by atoms with van der Waals surface area (Å²) < 4.78 is -1.14. The molecule has 3 nitrogen and oxygen atoms in total. The maximum absolute atomic E-state index is 11.1. The summed E-state index contributed by atoms with van der Waals surface area (Å²) in [4.78, 5) is 32.5. The van der Waals surface area contributed by atoms with Crippen LogP contribution in [0.5, 0.6) is 0 Å². The van der Waals surface area contributed by atoms with Crippen LogP contribution in [0.25, 0.3) is 0 Å². The van der Waals surface area contributed by atoms with Crippen molar-refractivity contribution in [3.63, 3.8) is 0 Å². The molecule has 0 fully saturated rings. The molecule has 0 saturated heterocycles. The Morgan fingerprint density at radius 3 is 2.58 bits per heavy atom. The second-order valence-corrected chi connectivity index (χ2v) is 3.76. The number of Topliss-reactive ketones (excluding diaryl/α,β-unsaturated/α-hetero) is 2. The van der Waals surface area contributed by atoms with E-state index in [0.29, 0.717) is 6.42 Å². The van der Waals surface area contributed by atoms with Gasteiger partial charge in [0.2, 0.25) is 5.78 Å². The first-order valence-corrected chi connectivity index (χ1v) is 4.35. The summed E-state index contributed by atoms with van der Waals surface area (Å²) >= 11 is 1.12. The first-order chi connectivity index (χ1) is 5.63. The number of carbonyl (C=O) groups excluding carboxylic acids is 3. The van der Waals surface area contributed by atoms with Crippen molar-refractivity contribution < 1.29 is 14.4 Å². The minimum atomic E-state index is -1.14. The predicted molar refractivity (Wildman–Crippen MR) is 45.8 cm³/mol. The number of carbonyl (C=O) groups is 3. The third-order valence-corrected chi connectivity index (χ3v) is 3.23. The van der Waals surface area contributed by atoms with E-state index >= 15 is 0 Å². The molecule has 64 valence electrons. The summed E-state index contributed by atoms with van der Waals surface area (Å²) in [6.07, 6.45) is 2.29. The first-order valence-electron chi connectivity index (χ1n) is 3.47. The molecule has 4 heteroatoms. The van der Waals surface area contributed by atoms with E-state index in [-0.39, 0.29) is 12.1 Å². The Kier molecular flexibility index (Phi) is 2.47. The average molecular weight is 184 g/mol. The molecule has 0 aliphatic carbocycles. The van der Waals surface area contributed by atoms with Gasteiger partial charge in [-0.15, -0.1) is 11.8 Å². The summed E-state index contributed by atoms with van der Waals surface area (Å²) in [5.74, 6) is -0.889. The lowest BCUT2D eigenvalue weighted by atomic mass is 9.96. The fourth-order valence-corrected chi connectivity index (χ4v) is 2.03. The molecule has 1 aliphatic rings. The highest BCUT2D eigenvalue weighted by molar-refractivity contribution is 8.05. The van der Waals surface area contributed by atoms with Crippen LogP contribution in [0.2, 0.25) is 0 Å². The zero-order chi connectivity index (χ0) is 9.19. The van der Waals surface area contributed by atoms with Gasteiger partial charge in [0.25, 0.3) is 0 Å². The van der Waals surface area contributed by atoms with Crippen molar-refractivity contribution in [2.45, 2.75) is 18.1 Å². The second kappa shape index (κ2) is 3.23. The molecule has 0 N–H and O–H groups in total. The lowest BCUT2D eigenvalue weighted by Gasteiger charge is -2.19. The summed E-state index contributed by atoms with van der Waals surface area (Å²) in [6, 6.07) is 0. The molecular formula is C8H8O3S. The summed E-state index contributed by atoms with van der Waals surface area (Å²) in [6.45, 7) is 1.33. The predicted octanol–water partition coefficient (Wildman–Crippen LogP) is 0.733. The van der Waals surface area contributed by atoms with Crippen molar-refractivity contribution in [1.82, 2.24) is 0 Å². The van der Waals surface area contributed by atoms with E-state index in [9.17, 15) is 14.4 Å². The fourth-order valence-electron chi connectivity index (χ4n) is 1.08. The normalized spacial score (nSPS) is 27.1. The average Bonchev–Trinajstić information content (AvgIpc) is 2.52. The fraction of sp³-hybridized carbons (Fsp3) is 0.375. The van der Waals surface area contributed by atoms with E-state index in [4.69, 9.17) is 0 Å². The summed E-state index contributed by atoms with van der Waals surface area (Å²) in [5, 5.41) is 1.68. The molecular weight excluding hydrogens is 176 g/mol. The Labute approximate surface area is 74.2 Å². The standard InChI is InChI=1S/C8H8O3S/c1-6(10)8(7(11)5-9)3-2-4-12-8/h2,4-5H,3H2,1H3. The van der Waals surface area contributed by atoms with Crippen molar-refractivity contribution in [2.75, 3.05) is 0 Å². The number of rotatable bonds is 3. The van der Waals surface area contributed by atoms with Gasteiger partial charge >= 0.3 is 0 Å². The van der Waals surface area contributed by atoms with Gasteiger partial charge in [-0.25, -0.2) is 0 Å². The maximum atomic E-state index is 11.1. The van der Waals surface area contributed by atoms with Crippen LogP contribution < -0.4 is 0 Å². The van der Waals surface area contributed by atoms with Gasteiger partial charge in [-0.2, -0.15) is 0 Å². The molecule has 1 rings (SSSR count). The number of ketones is 2. The van der Waals surface area contributed by atoms with E-state index in [2.05, 4.69) is 0 Å². The van der Waals surface area contributed by atoms with Crippen LogP contribution in [0.3, 0.4) is 0 Å². The molecule has 0 saturated carbocycles. The maximum Gasteiger partial charge on any atom is 0.219 e. The third kappa shape index (κ3) is 1.22. The Morgan fingerprint density at radius 2 is 2.25 bits per heavy atom. The van der Waals surface area contributed by atoms with Gasteiger partial charge in [0.05, 0.1) is 0 Å². The van der Waals surface area contributed by atoms with Crippen molar-refractivity contribution in [1.29, 1.82) is 0 Å². The highest BCUT2D eigenvalue weighted by atomic mass is 32.2. The monoisotopic (exact) mass is 184 g/mol. The van der Waals surface area contributed by atoms with Crippen LogP contribution in [0.4, 0.5) is 0 Å². The molecule has 1 heterocycles. The van der Waals surface area contributed by atoms with Crippen LogP contribution in [-0.4, -0.2) is 22.6 Å². The molecule has 0 spiro atoms. The number of aldehydes is 1. The summed E-state index contributed by atoms with van der Waals surface area (Å²) in [7, 11) is 0. The molecule has 0 radical (unpaired) electrons. The van der Waals surface area contributed by atoms with Crippen molar-refractivity contribution >= 4 is 29.6 Å². The number of hydrogen-bond donors (Lipinski definition) is 0. The summed E-state index contributed by atoms with van der Waals surface area (Å²) in [5.41, 5.74) is 0. The molecule has 0 aromatic heterocycles. The highest BCUT2D eigenvalue weighted by Gasteiger charge is 2.44. The molecule has 0 aromatic rings. The van der Waals surface area contributed by atoms with Gasteiger partial charge in [-0.05, 0) is 18.8 Å². The minimum absolute atomic E-state index is 0.224. The van der Waals surface area contributed by atoms with Gasteiger partial charge in [0.1, 0.15) is 4.75 Å². The van der Waals surface area contributed by atoms with E-state index < -0.39 is 10.5 Å². The molecule has 1 unspecified atom stereocenters. The molecule has 0 amide bonds. The van der Waals surface area contributed by atoms with E-state index in [0.717, 1.165) is 11.8 Å². The zero-order valence-corrected chi connectivity index (χ0v) is 7.39. The van der Waals surface area contributed by atoms with E-state index in [1.807, 2.05) is 0 Å².